The minimum absolute atomic E-state index is 0.0335. The highest BCUT2D eigenvalue weighted by Crippen LogP contribution is 2.40. The summed E-state index contributed by atoms with van der Waals surface area (Å²) in [5.41, 5.74) is -0.0961. The van der Waals surface area contributed by atoms with E-state index < -0.39 is 44.5 Å². The average Bonchev–Trinajstić information content (AvgIpc) is 3.86. The average molecular weight is 809 g/mol. The summed E-state index contributed by atoms with van der Waals surface area (Å²) in [6, 6.07) is 0. The third-order valence-corrected chi connectivity index (χ3v) is 15.9. The van der Waals surface area contributed by atoms with Crippen molar-refractivity contribution >= 4 is 26.2 Å². The normalized spacial score (nSPS) is 29.1. The predicted molar refractivity (Wildman–Crippen MR) is 221 cm³/mol. The number of esters is 3. The lowest BCUT2D eigenvalue weighted by Crippen LogP contribution is -2.48. The van der Waals surface area contributed by atoms with Gasteiger partial charge in [-0.3, -0.25) is 9.59 Å². The molecule has 0 bridgehead atoms. The van der Waals surface area contributed by atoms with Crippen LogP contribution in [0.3, 0.4) is 0 Å². The minimum atomic E-state index is -2.29. The largest absolute Gasteiger partial charge is 0.460 e. The molecule has 2 rings (SSSR count). The smallest absolute Gasteiger partial charge is 0.332 e. The summed E-state index contributed by atoms with van der Waals surface area (Å²) in [6.45, 7) is 30.9. The molecule has 11 atom stereocenters. The van der Waals surface area contributed by atoms with Crippen LogP contribution in [0.5, 0.6) is 0 Å². The highest BCUT2D eigenvalue weighted by molar-refractivity contribution is 6.74. The van der Waals surface area contributed by atoms with Crippen molar-refractivity contribution in [3.8, 4) is 0 Å². The van der Waals surface area contributed by atoms with Crippen molar-refractivity contribution in [1.82, 2.24) is 0 Å². The number of hydrogen-bond acceptors (Lipinski definition) is 11. The van der Waals surface area contributed by atoms with Crippen molar-refractivity contribution < 1.29 is 52.0 Å². The van der Waals surface area contributed by atoms with E-state index in [1.165, 1.54) is 6.92 Å². The highest BCUT2D eigenvalue weighted by Gasteiger charge is 2.47. The summed E-state index contributed by atoms with van der Waals surface area (Å²) in [7, 11) is -2.29. The van der Waals surface area contributed by atoms with Crippen molar-refractivity contribution in [2.24, 2.45) is 17.8 Å². The SMILES string of the molecule is CCOCC(=O)OC(CC)C(C)C1OC1CC(C)C=CC=C(C)C1OC(=O)CC(O[Si](C)(C)C(C)(C)C)CCC(C)(OC(C)OCC)C(OC(C)=O)C=CC1C. The Bertz CT molecular complexity index is 1340. The summed E-state index contributed by atoms with van der Waals surface area (Å²) in [4.78, 5) is 38.4. The first-order chi connectivity index (χ1) is 26.1. The molecule has 11 nitrogen and oxygen atoms in total. The molecule has 0 aromatic rings. The molecule has 1 fully saturated rings. The maximum Gasteiger partial charge on any atom is 0.332 e. The Morgan fingerprint density at radius 3 is 2.34 bits per heavy atom. The fourth-order valence-electron chi connectivity index (χ4n) is 6.98. The second-order valence-electron chi connectivity index (χ2n) is 17.5. The van der Waals surface area contributed by atoms with Crippen LogP contribution in [0.4, 0.5) is 0 Å². The summed E-state index contributed by atoms with van der Waals surface area (Å²) < 4.78 is 48.3. The third kappa shape index (κ3) is 16.1. The first-order valence-corrected chi connectivity index (χ1v) is 23.8. The van der Waals surface area contributed by atoms with Gasteiger partial charge in [-0.2, -0.15) is 0 Å². The van der Waals surface area contributed by atoms with Crippen LogP contribution in [-0.2, 0) is 52.0 Å². The minimum Gasteiger partial charge on any atom is -0.460 e. The first kappa shape index (κ1) is 49.8. The second kappa shape index (κ2) is 22.7. The maximum atomic E-state index is 13.8. The molecule has 12 heteroatoms. The van der Waals surface area contributed by atoms with Gasteiger partial charge in [-0.15, -0.1) is 0 Å². The standard InChI is InChI=1S/C44H76O11Si/c1-16-36(51-40(47)28-48-17-2)32(7)42-37(52-42)26-29(4)20-19-21-30(5)41-31(6)22-23-38(50-33(8)45)44(13,54-34(9)49-18-3)25-24-35(27-39(46)53-41)55-56(14,15)43(10,11)12/h19-23,29,31-32,34-38,41-42H,16-18,24-28H2,1-15H3. The molecule has 0 amide bonds. The van der Waals surface area contributed by atoms with Crippen LogP contribution in [0.25, 0.3) is 0 Å². The van der Waals surface area contributed by atoms with E-state index in [2.05, 4.69) is 53.8 Å². The lowest BCUT2D eigenvalue weighted by Gasteiger charge is -2.42. The van der Waals surface area contributed by atoms with Gasteiger partial charge in [-0.05, 0) is 96.0 Å². The predicted octanol–water partition coefficient (Wildman–Crippen LogP) is 9.04. The Labute approximate surface area is 339 Å². The number of cyclic esters (lactones) is 1. The lowest BCUT2D eigenvalue weighted by atomic mass is 9.88. The van der Waals surface area contributed by atoms with Crippen molar-refractivity contribution in [1.29, 1.82) is 0 Å². The van der Waals surface area contributed by atoms with Crippen LogP contribution >= 0.6 is 0 Å². The van der Waals surface area contributed by atoms with Crippen molar-refractivity contribution in [3.63, 3.8) is 0 Å². The molecule has 1 saturated heterocycles. The fraction of sp³-hybridized carbons (Fsp3) is 0.795. The van der Waals surface area contributed by atoms with Gasteiger partial charge >= 0.3 is 17.9 Å². The van der Waals surface area contributed by atoms with E-state index in [1.54, 1.807) is 0 Å². The van der Waals surface area contributed by atoms with Gasteiger partial charge in [0.05, 0.1) is 24.7 Å². The molecule has 0 N–H and O–H groups in total. The molecule has 0 radical (unpaired) electrons. The monoisotopic (exact) mass is 809 g/mol. The molecule has 0 aliphatic carbocycles. The summed E-state index contributed by atoms with van der Waals surface area (Å²) in [5.74, 6) is -1.07. The van der Waals surface area contributed by atoms with E-state index in [0.717, 1.165) is 12.0 Å². The zero-order chi connectivity index (χ0) is 42.4. The summed E-state index contributed by atoms with van der Waals surface area (Å²) in [6.07, 6.45) is 10.1. The van der Waals surface area contributed by atoms with Crippen molar-refractivity contribution in [2.75, 3.05) is 19.8 Å². The maximum absolute atomic E-state index is 13.8. The summed E-state index contributed by atoms with van der Waals surface area (Å²) in [5, 5.41) is -0.0754. The van der Waals surface area contributed by atoms with Gasteiger partial charge in [0.25, 0.3) is 0 Å². The van der Waals surface area contributed by atoms with Crippen molar-refractivity contribution in [3.05, 3.63) is 36.0 Å². The molecule has 56 heavy (non-hydrogen) atoms. The topological polar surface area (TPSA) is 128 Å². The number of carbonyl (C=O) groups is 3. The first-order valence-electron chi connectivity index (χ1n) is 20.9. The lowest BCUT2D eigenvalue weighted by molar-refractivity contribution is -0.227. The second-order valence-corrected chi connectivity index (χ2v) is 22.2. The zero-order valence-corrected chi connectivity index (χ0v) is 38.3. The van der Waals surface area contributed by atoms with E-state index in [-0.39, 0.29) is 66.1 Å². The molecular weight excluding hydrogens is 733 g/mol. The van der Waals surface area contributed by atoms with Crippen LogP contribution in [-0.4, -0.2) is 94.6 Å². The van der Waals surface area contributed by atoms with Crippen LogP contribution in [0.1, 0.15) is 122 Å². The van der Waals surface area contributed by atoms with Crippen LogP contribution < -0.4 is 0 Å². The molecule has 322 valence electrons. The van der Waals surface area contributed by atoms with Crippen LogP contribution in [0, 0.1) is 17.8 Å². The Morgan fingerprint density at radius 2 is 1.75 bits per heavy atom. The van der Waals surface area contributed by atoms with Crippen molar-refractivity contribution in [2.45, 2.75) is 189 Å². The number of epoxide rings is 1. The molecular formula is C44H76O11Si. The molecule has 0 saturated carbocycles. The van der Waals surface area contributed by atoms with Gasteiger partial charge in [-0.1, -0.05) is 72.8 Å². The van der Waals surface area contributed by atoms with E-state index in [0.29, 0.717) is 32.5 Å². The van der Waals surface area contributed by atoms with E-state index in [4.69, 9.17) is 37.6 Å². The molecule has 0 spiro atoms. The van der Waals surface area contributed by atoms with E-state index in [1.807, 2.05) is 72.8 Å². The van der Waals surface area contributed by atoms with Crippen LogP contribution in [0.2, 0.25) is 18.1 Å². The molecule has 2 aliphatic heterocycles. The molecule has 0 aromatic carbocycles. The number of allylic oxidation sites excluding steroid dienone is 3. The van der Waals surface area contributed by atoms with Gasteiger partial charge in [0.2, 0.25) is 0 Å². The van der Waals surface area contributed by atoms with Gasteiger partial charge in [0.15, 0.2) is 14.6 Å². The molecule has 2 heterocycles. The van der Waals surface area contributed by atoms with Gasteiger partial charge < -0.3 is 37.6 Å². The fourth-order valence-corrected chi connectivity index (χ4v) is 8.37. The number of rotatable bonds is 19. The Kier molecular flexibility index (Phi) is 20.2. The number of hydrogen-bond donors (Lipinski definition) is 0. The van der Waals surface area contributed by atoms with Crippen LogP contribution in [0.15, 0.2) is 36.0 Å². The van der Waals surface area contributed by atoms with E-state index in [9.17, 15) is 14.4 Å². The molecule has 0 aromatic heterocycles. The van der Waals surface area contributed by atoms with E-state index >= 15 is 0 Å². The third-order valence-electron chi connectivity index (χ3n) is 11.4. The molecule has 11 unspecified atom stereocenters. The van der Waals surface area contributed by atoms with Gasteiger partial charge in [0.1, 0.15) is 30.5 Å². The molecule has 2 aliphatic rings. The number of ether oxygens (including phenoxy) is 7. The quantitative estimate of drug-likeness (QED) is 0.0236. The summed E-state index contributed by atoms with van der Waals surface area (Å²) >= 11 is 0. The number of carbonyl (C=O) groups excluding carboxylic acids is 3. The van der Waals surface area contributed by atoms with Gasteiger partial charge in [-0.25, -0.2) is 4.79 Å². The Balaban J connectivity index is 2.33. The Hall–Kier alpha value is -2.35. The highest BCUT2D eigenvalue weighted by atomic mass is 28.4. The Morgan fingerprint density at radius 1 is 1.07 bits per heavy atom. The van der Waals surface area contributed by atoms with Gasteiger partial charge in [0, 0.05) is 32.0 Å². The zero-order valence-electron chi connectivity index (χ0n) is 37.3.